The highest BCUT2D eigenvalue weighted by atomic mass is 16.2. The molecule has 26 heavy (non-hydrogen) atoms. The second kappa shape index (κ2) is 6.88. The van der Waals surface area contributed by atoms with Crippen LogP contribution in [0.5, 0.6) is 0 Å². The Morgan fingerprint density at radius 3 is 2.81 bits per heavy atom. The van der Waals surface area contributed by atoms with Gasteiger partial charge in [-0.3, -0.25) is 9.48 Å². The smallest absolute Gasteiger partial charge is 0.227 e. The van der Waals surface area contributed by atoms with Crippen molar-refractivity contribution in [3.05, 3.63) is 53.9 Å². The quantitative estimate of drug-likeness (QED) is 0.922. The van der Waals surface area contributed by atoms with Gasteiger partial charge in [-0.2, -0.15) is 5.10 Å². The number of likely N-dealkylation sites (tertiary alicyclic amines) is 1. The maximum atomic E-state index is 13.4. The molecule has 1 amide bonds. The maximum absolute atomic E-state index is 13.4. The molecule has 0 spiro atoms. The molecule has 1 unspecified atom stereocenters. The number of rotatable bonds is 3. The summed E-state index contributed by atoms with van der Waals surface area (Å²) in [5.41, 5.74) is 2.55. The molecule has 2 fully saturated rings. The number of benzene rings is 1. The summed E-state index contributed by atoms with van der Waals surface area (Å²) in [6, 6.07) is 10.6. The largest absolute Gasteiger partial charge is 0.342 e. The van der Waals surface area contributed by atoms with Crippen LogP contribution in [0.4, 0.5) is 0 Å². The Kier molecular flexibility index (Phi) is 4.57. The van der Waals surface area contributed by atoms with E-state index < -0.39 is 0 Å². The number of nitrogens with one attached hydrogen (secondary N) is 1. The summed E-state index contributed by atoms with van der Waals surface area (Å²) in [6.45, 7) is 5.60. The molecule has 2 aliphatic rings. The van der Waals surface area contributed by atoms with Crippen LogP contribution < -0.4 is 5.32 Å². The van der Waals surface area contributed by atoms with Crippen LogP contribution in [0.15, 0.2) is 42.7 Å². The third kappa shape index (κ3) is 3.16. The van der Waals surface area contributed by atoms with Gasteiger partial charge >= 0.3 is 0 Å². The molecule has 3 heterocycles. The molecule has 1 aromatic heterocycles. The summed E-state index contributed by atoms with van der Waals surface area (Å²) in [4.78, 5) is 15.5. The molecule has 0 aliphatic carbocycles. The van der Waals surface area contributed by atoms with Crippen LogP contribution in [0.25, 0.3) is 0 Å². The van der Waals surface area contributed by atoms with Crippen molar-refractivity contribution >= 4 is 5.91 Å². The Bertz CT molecular complexity index is 771. The Morgan fingerprint density at radius 1 is 1.27 bits per heavy atom. The number of hydrogen-bond donors (Lipinski definition) is 1. The van der Waals surface area contributed by atoms with Crippen molar-refractivity contribution in [1.29, 1.82) is 0 Å². The van der Waals surface area contributed by atoms with Crippen LogP contribution in [-0.2, 0) is 17.3 Å². The molecule has 2 aliphatic heterocycles. The number of aryl methyl sites for hydroxylation is 1. The molecule has 0 bridgehead atoms. The number of aromatic nitrogens is 2. The normalized spacial score (nSPS) is 29.1. The fraction of sp³-hybridized carbons (Fsp3) is 0.524. The SMILES string of the molecule is Cn1cc([C@H]2CNC[C@@H]2C(=O)N2CCCC(C)(c3ccccc3)C2)cn1. The summed E-state index contributed by atoms with van der Waals surface area (Å²) in [5.74, 6) is 0.532. The first-order valence-electron chi connectivity index (χ1n) is 9.60. The van der Waals surface area contributed by atoms with E-state index in [0.717, 1.165) is 39.0 Å². The standard InChI is InChI=1S/C21H28N4O/c1-21(17-7-4-3-5-8-17)9-6-10-25(15-21)20(26)19-13-22-12-18(19)16-11-23-24(2)14-16/h3-5,7-8,11,14,18-19,22H,6,9-10,12-13,15H2,1-2H3/t18-,19+,21?/m1/s1. The zero-order valence-corrected chi connectivity index (χ0v) is 15.7. The molecular formula is C21H28N4O. The number of carbonyl (C=O) groups is 1. The lowest BCUT2D eigenvalue weighted by Crippen LogP contribution is -2.49. The van der Waals surface area contributed by atoms with E-state index >= 15 is 0 Å². The van der Waals surface area contributed by atoms with Gasteiger partial charge in [-0.1, -0.05) is 37.3 Å². The topological polar surface area (TPSA) is 50.2 Å². The highest BCUT2D eigenvalue weighted by Gasteiger charge is 2.41. The average molecular weight is 352 g/mol. The van der Waals surface area contributed by atoms with E-state index in [9.17, 15) is 4.79 Å². The molecule has 2 aromatic rings. The van der Waals surface area contributed by atoms with E-state index in [0.29, 0.717) is 5.91 Å². The minimum atomic E-state index is 0.0114. The maximum Gasteiger partial charge on any atom is 0.227 e. The summed E-state index contributed by atoms with van der Waals surface area (Å²) < 4.78 is 1.82. The van der Waals surface area contributed by atoms with Crippen molar-refractivity contribution in [2.24, 2.45) is 13.0 Å². The van der Waals surface area contributed by atoms with E-state index in [-0.39, 0.29) is 17.3 Å². The van der Waals surface area contributed by atoms with E-state index in [2.05, 4.69) is 52.6 Å². The predicted octanol–water partition coefficient (Wildman–Crippen LogP) is 2.30. The zero-order chi connectivity index (χ0) is 18.1. The van der Waals surface area contributed by atoms with Crippen LogP contribution >= 0.6 is 0 Å². The second-order valence-corrected chi connectivity index (χ2v) is 8.11. The summed E-state index contributed by atoms with van der Waals surface area (Å²) in [7, 11) is 1.93. The van der Waals surface area contributed by atoms with E-state index in [1.54, 1.807) is 0 Å². The van der Waals surface area contributed by atoms with Gasteiger partial charge in [-0.25, -0.2) is 0 Å². The Hall–Kier alpha value is -2.14. The highest BCUT2D eigenvalue weighted by molar-refractivity contribution is 5.81. The minimum absolute atomic E-state index is 0.0114. The number of amides is 1. The highest BCUT2D eigenvalue weighted by Crippen LogP contribution is 2.36. The van der Waals surface area contributed by atoms with Gasteiger partial charge in [0.2, 0.25) is 5.91 Å². The van der Waals surface area contributed by atoms with Gasteiger partial charge in [0.15, 0.2) is 0 Å². The lowest BCUT2D eigenvalue weighted by atomic mass is 9.75. The fourth-order valence-electron chi connectivity index (χ4n) is 4.66. The number of hydrogen-bond acceptors (Lipinski definition) is 3. The van der Waals surface area contributed by atoms with Crippen molar-refractivity contribution < 1.29 is 4.79 Å². The van der Waals surface area contributed by atoms with Crippen LogP contribution in [0.2, 0.25) is 0 Å². The van der Waals surface area contributed by atoms with Gasteiger partial charge in [0.05, 0.1) is 12.1 Å². The van der Waals surface area contributed by atoms with E-state index in [1.807, 2.05) is 24.1 Å². The monoisotopic (exact) mass is 352 g/mol. The summed E-state index contributed by atoms with van der Waals surface area (Å²) in [6.07, 6.45) is 6.15. The van der Waals surface area contributed by atoms with Crippen molar-refractivity contribution in [2.75, 3.05) is 26.2 Å². The molecule has 138 valence electrons. The third-order valence-corrected chi connectivity index (χ3v) is 6.16. The van der Waals surface area contributed by atoms with E-state index in [1.165, 1.54) is 11.1 Å². The molecule has 1 aromatic carbocycles. The van der Waals surface area contributed by atoms with Gasteiger partial charge in [-0.05, 0) is 24.0 Å². The molecule has 1 N–H and O–H groups in total. The second-order valence-electron chi connectivity index (χ2n) is 8.11. The van der Waals surface area contributed by atoms with Crippen LogP contribution in [0, 0.1) is 5.92 Å². The van der Waals surface area contributed by atoms with Gasteiger partial charge < -0.3 is 10.2 Å². The fourth-order valence-corrected chi connectivity index (χ4v) is 4.66. The molecular weight excluding hydrogens is 324 g/mol. The number of piperidine rings is 1. The van der Waals surface area contributed by atoms with Crippen LogP contribution in [-0.4, -0.2) is 46.8 Å². The molecule has 0 radical (unpaired) electrons. The molecule has 2 saturated heterocycles. The molecule has 4 rings (SSSR count). The molecule has 3 atom stereocenters. The molecule has 5 nitrogen and oxygen atoms in total. The Balaban J connectivity index is 1.52. The Morgan fingerprint density at radius 2 is 2.08 bits per heavy atom. The average Bonchev–Trinajstić information content (AvgIpc) is 3.30. The lowest BCUT2D eigenvalue weighted by molar-refractivity contribution is -0.137. The van der Waals surface area contributed by atoms with Crippen molar-refractivity contribution in [3.63, 3.8) is 0 Å². The summed E-state index contributed by atoms with van der Waals surface area (Å²) in [5, 5.41) is 7.71. The lowest BCUT2D eigenvalue weighted by Gasteiger charge is -2.42. The van der Waals surface area contributed by atoms with Crippen molar-refractivity contribution in [3.8, 4) is 0 Å². The molecule has 5 heteroatoms. The van der Waals surface area contributed by atoms with Crippen LogP contribution in [0.3, 0.4) is 0 Å². The van der Waals surface area contributed by atoms with Gasteiger partial charge in [0, 0.05) is 50.8 Å². The zero-order valence-electron chi connectivity index (χ0n) is 15.7. The van der Waals surface area contributed by atoms with Gasteiger partial charge in [0.25, 0.3) is 0 Å². The molecule has 0 saturated carbocycles. The number of carbonyl (C=O) groups excluding carboxylic acids is 1. The van der Waals surface area contributed by atoms with Crippen LogP contribution in [0.1, 0.15) is 36.8 Å². The van der Waals surface area contributed by atoms with Gasteiger partial charge in [0.1, 0.15) is 0 Å². The number of nitrogens with zero attached hydrogens (tertiary/aromatic N) is 3. The third-order valence-electron chi connectivity index (χ3n) is 6.16. The Labute approximate surface area is 155 Å². The van der Waals surface area contributed by atoms with Crippen molar-refractivity contribution in [1.82, 2.24) is 20.0 Å². The minimum Gasteiger partial charge on any atom is -0.342 e. The first-order chi connectivity index (χ1) is 12.6. The summed E-state index contributed by atoms with van der Waals surface area (Å²) >= 11 is 0. The van der Waals surface area contributed by atoms with E-state index in [4.69, 9.17) is 0 Å². The first-order valence-corrected chi connectivity index (χ1v) is 9.60. The van der Waals surface area contributed by atoms with Gasteiger partial charge in [-0.15, -0.1) is 0 Å². The first kappa shape index (κ1) is 17.3. The predicted molar refractivity (Wildman–Crippen MR) is 102 cm³/mol. The van der Waals surface area contributed by atoms with Crippen molar-refractivity contribution in [2.45, 2.75) is 31.1 Å².